The van der Waals surface area contributed by atoms with Gasteiger partial charge >= 0.3 is 0 Å². The Morgan fingerprint density at radius 2 is 1.74 bits per heavy atom. The fourth-order valence-electron chi connectivity index (χ4n) is 2.53. The maximum absolute atomic E-state index is 12.4. The number of rotatable bonds is 7. The molecule has 1 amide bonds. The van der Waals surface area contributed by atoms with Crippen molar-refractivity contribution in [2.45, 2.75) is 13.5 Å². The van der Waals surface area contributed by atoms with E-state index in [9.17, 15) is 13.2 Å². The number of aryl methyl sites for hydroxylation is 1. The Labute approximate surface area is 165 Å². The van der Waals surface area contributed by atoms with Gasteiger partial charge in [-0.1, -0.05) is 29.8 Å². The van der Waals surface area contributed by atoms with Gasteiger partial charge in [0.1, 0.15) is 6.54 Å². The van der Waals surface area contributed by atoms with Crippen LogP contribution in [-0.4, -0.2) is 41.2 Å². The average molecular weight is 410 g/mol. The van der Waals surface area contributed by atoms with Crippen LogP contribution >= 0.6 is 11.6 Å². The summed E-state index contributed by atoms with van der Waals surface area (Å²) in [4.78, 5) is 14.3. The quantitative estimate of drug-likeness (QED) is 0.763. The van der Waals surface area contributed by atoms with Gasteiger partial charge in [-0.3, -0.25) is 9.10 Å². The van der Waals surface area contributed by atoms with E-state index in [0.29, 0.717) is 17.3 Å². The second-order valence-corrected chi connectivity index (χ2v) is 8.88. The van der Waals surface area contributed by atoms with Crippen molar-refractivity contribution in [3.05, 3.63) is 58.6 Å². The number of anilines is 2. The summed E-state index contributed by atoms with van der Waals surface area (Å²) in [6.07, 6.45) is 1.07. The molecule has 8 heteroatoms. The molecule has 0 bridgehead atoms. The molecule has 0 radical (unpaired) electrons. The van der Waals surface area contributed by atoms with Crippen LogP contribution in [0.4, 0.5) is 11.4 Å². The molecular weight excluding hydrogens is 386 g/mol. The molecular formula is C19H24ClN3O3S. The van der Waals surface area contributed by atoms with Crippen LogP contribution in [0.1, 0.15) is 11.1 Å². The number of amides is 1. The average Bonchev–Trinajstić information content (AvgIpc) is 2.59. The summed E-state index contributed by atoms with van der Waals surface area (Å²) in [6, 6.07) is 12.7. The Balaban J connectivity index is 2.09. The number of hydrogen-bond donors (Lipinski definition) is 1. The van der Waals surface area contributed by atoms with Crippen LogP contribution in [0.2, 0.25) is 5.02 Å². The fourth-order valence-corrected chi connectivity index (χ4v) is 3.60. The summed E-state index contributed by atoms with van der Waals surface area (Å²) >= 11 is 6.00. The first kappa shape index (κ1) is 21.1. The van der Waals surface area contributed by atoms with Gasteiger partial charge < -0.3 is 10.2 Å². The summed E-state index contributed by atoms with van der Waals surface area (Å²) < 4.78 is 25.5. The maximum atomic E-state index is 12.4. The molecule has 0 spiro atoms. The fraction of sp³-hybridized carbons (Fsp3) is 0.316. The van der Waals surface area contributed by atoms with Gasteiger partial charge in [0, 0.05) is 31.4 Å². The van der Waals surface area contributed by atoms with Crippen molar-refractivity contribution < 1.29 is 13.2 Å². The maximum Gasteiger partial charge on any atom is 0.241 e. The Morgan fingerprint density at radius 1 is 1.11 bits per heavy atom. The molecule has 0 saturated carbocycles. The van der Waals surface area contributed by atoms with Crippen LogP contribution in [0.15, 0.2) is 42.5 Å². The zero-order valence-corrected chi connectivity index (χ0v) is 17.4. The molecule has 0 atom stereocenters. The third kappa shape index (κ3) is 5.87. The molecule has 2 rings (SSSR count). The highest BCUT2D eigenvalue weighted by molar-refractivity contribution is 7.92. The highest BCUT2D eigenvalue weighted by Gasteiger charge is 2.22. The Kier molecular flexibility index (Phi) is 6.73. The summed E-state index contributed by atoms with van der Waals surface area (Å²) in [6.45, 7) is 1.78. The molecule has 2 aromatic rings. The zero-order chi connectivity index (χ0) is 20.2. The predicted octanol–water partition coefficient (Wildman–Crippen LogP) is 2.80. The first-order valence-electron chi connectivity index (χ1n) is 8.35. The molecule has 0 fully saturated rings. The first-order chi connectivity index (χ1) is 12.6. The van der Waals surface area contributed by atoms with E-state index in [1.807, 2.05) is 43.3 Å². The van der Waals surface area contributed by atoms with Crippen molar-refractivity contribution >= 4 is 38.9 Å². The van der Waals surface area contributed by atoms with E-state index in [2.05, 4.69) is 5.32 Å². The lowest BCUT2D eigenvalue weighted by Crippen LogP contribution is -2.40. The minimum absolute atomic E-state index is 0.310. The van der Waals surface area contributed by atoms with Crippen molar-refractivity contribution in [3.63, 3.8) is 0 Å². The van der Waals surface area contributed by atoms with E-state index >= 15 is 0 Å². The number of benzene rings is 2. The third-order valence-corrected chi connectivity index (χ3v) is 5.43. The summed E-state index contributed by atoms with van der Waals surface area (Å²) in [5.74, 6) is -0.392. The molecule has 146 valence electrons. The van der Waals surface area contributed by atoms with Gasteiger partial charge in [-0.15, -0.1) is 0 Å². The number of sulfonamides is 1. The van der Waals surface area contributed by atoms with Gasteiger partial charge in [0.25, 0.3) is 0 Å². The van der Waals surface area contributed by atoms with E-state index in [-0.39, 0.29) is 6.54 Å². The molecule has 0 unspecified atom stereocenters. The molecule has 0 saturated heterocycles. The van der Waals surface area contributed by atoms with Gasteiger partial charge in [-0.2, -0.15) is 0 Å². The number of hydrogen-bond acceptors (Lipinski definition) is 4. The van der Waals surface area contributed by atoms with Gasteiger partial charge in [0.05, 0.1) is 11.9 Å². The second-order valence-electron chi connectivity index (χ2n) is 6.54. The highest BCUT2D eigenvalue weighted by atomic mass is 35.5. The zero-order valence-electron chi connectivity index (χ0n) is 15.9. The van der Waals surface area contributed by atoms with Crippen LogP contribution in [0.25, 0.3) is 0 Å². The number of halogens is 1. The topological polar surface area (TPSA) is 69.7 Å². The van der Waals surface area contributed by atoms with Crippen LogP contribution in [-0.2, 0) is 21.4 Å². The molecule has 0 heterocycles. The van der Waals surface area contributed by atoms with E-state index in [1.54, 1.807) is 25.1 Å². The first-order valence-corrected chi connectivity index (χ1v) is 10.6. The van der Waals surface area contributed by atoms with Gasteiger partial charge in [0.2, 0.25) is 15.9 Å². The van der Waals surface area contributed by atoms with Crippen molar-refractivity contribution in [3.8, 4) is 0 Å². The van der Waals surface area contributed by atoms with Crippen LogP contribution in [0, 0.1) is 6.92 Å². The van der Waals surface area contributed by atoms with E-state index in [0.717, 1.165) is 27.4 Å². The van der Waals surface area contributed by atoms with Crippen LogP contribution in [0.3, 0.4) is 0 Å². The van der Waals surface area contributed by atoms with Crippen molar-refractivity contribution in [2.75, 3.05) is 36.1 Å². The van der Waals surface area contributed by atoms with E-state index in [4.69, 9.17) is 11.6 Å². The summed E-state index contributed by atoms with van der Waals surface area (Å²) in [5.41, 5.74) is 3.11. The van der Waals surface area contributed by atoms with Crippen molar-refractivity contribution in [1.82, 2.24) is 5.32 Å². The molecule has 0 aliphatic heterocycles. The van der Waals surface area contributed by atoms with Crippen LogP contribution < -0.4 is 14.5 Å². The summed E-state index contributed by atoms with van der Waals surface area (Å²) in [7, 11) is 0.263. The number of nitrogens with zero attached hydrogens (tertiary/aromatic N) is 2. The SMILES string of the molecule is Cc1ccc(Cl)cc1N(CC(=O)NCc1ccc(N(C)C)cc1)S(C)(=O)=O. The second kappa shape index (κ2) is 8.63. The molecule has 0 aliphatic rings. The van der Waals surface area contributed by atoms with E-state index < -0.39 is 15.9 Å². The predicted molar refractivity (Wildman–Crippen MR) is 111 cm³/mol. The third-order valence-electron chi connectivity index (χ3n) is 4.07. The van der Waals surface area contributed by atoms with Crippen molar-refractivity contribution in [2.24, 2.45) is 0 Å². The minimum Gasteiger partial charge on any atom is -0.378 e. The standard InChI is InChI=1S/C19H24ClN3O3S/c1-14-5-8-16(20)11-18(14)23(27(4,25)26)13-19(24)21-12-15-6-9-17(10-7-15)22(2)3/h5-11H,12-13H2,1-4H3,(H,21,24). The van der Waals surface area contributed by atoms with E-state index in [1.165, 1.54) is 0 Å². The highest BCUT2D eigenvalue weighted by Crippen LogP contribution is 2.26. The van der Waals surface area contributed by atoms with Crippen molar-refractivity contribution in [1.29, 1.82) is 0 Å². The molecule has 1 N–H and O–H groups in total. The Hall–Kier alpha value is -2.25. The summed E-state index contributed by atoms with van der Waals surface area (Å²) in [5, 5.41) is 3.17. The smallest absolute Gasteiger partial charge is 0.241 e. The van der Waals surface area contributed by atoms with Gasteiger partial charge in [-0.05, 0) is 42.3 Å². The van der Waals surface area contributed by atoms with Crippen LogP contribution in [0.5, 0.6) is 0 Å². The Bertz CT molecular complexity index is 912. The lowest BCUT2D eigenvalue weighted by molar-refractivity contribution is -0.119. The monoisotopic (exact) mass is 409 g/mol. The normalized spacial score (nSPS) is 11.1. The molecule has 0 aromatic heterocycles. The molecule has 2 aromatic carbocycles. The Morgan fingerprint density at radius 3 is 2.30 bits per heavy atom. The molecule has 6 nitrogen and oxygen atoms in total. The van der Waals surface area contributed by atoms with Gasteiger partial charge in [-0.25, -0.2) is 8.42 Å². The number of carbonyl (C=O) groups is 1. The number of nitrogens with one attached hydrogen (secondary N) is 1. The minimum atomic E-state index is -3.64. The molecule has 0 aliphatic carbocycles. The number of carbonyl (C=O) groups excluding carboxylic acids is 1. The lowest BCUT2D eigenvalue weighted by atomic mass is 10.2. The largest absolute Gasteiger partial charge is 0.378 e. The van der Waals surface area contributed by atoms with Gasteiger partial charge in [0.15, 0.2) is 0 Å². The molecule has 27 heavy (non-hydrogen) atoms. The lowest BCUT2D eigenvalue weighted by Gasteiger charge is -2.24.